The quantitative estimate of drug-likeness (QED) is 0.205. The molecular weight excluding hydrogens is 580 g/mol. The normalized spacial score (nSPS) is 22.3. The van der Waals surface area contributed by atoms with E-state index in [-0.39, 0.29) is 47.7 Å². The number of carbonyl (C=O) groups is 2. The Kier molecular flexibility index (Phi) is 10.1. The molecule has 0 aromatic heterocycles. The molecule has 242 valence electrons. The summed E-state index contributed by atoms with van der Waals surface area (Å²) < 4.78 is 11.6. The summed E-state index contributed by atoms with van der Waals surface area (Å²) in [6.45, 7) is 15.5. The number of carboxylic acids is 2. The number of phenols is 2. The Morgan fingerprint density at radius 1 is 0.727 bits per heavy atom. The smallest absolute Gasteiger partial charge is 0.319 e. The number of rotatable bonds is 11. The van der Waals surface area contributed by atoms with Crippen LogP contribution < -0.4 is 9.47 Å². The van der Waals surface area contributed by atoms with E-state index >= 15 is 0 Å². The third kappa shape index (κ3) is 6.35. The van der Waals surface area contributed by atoms with E-state index in [1.807, 2.05) is 55.4 Å². The van der Waals surface area contributed by atoms with Crippen molar-refractivity contribution in [1.82, 2.24) is 0 Å². The van der Waals surface area contributed by atoms with Crippen molar-refractivity contribution in [3.63, 3.8) is 0 Å². The second-order valence-electron chi connectivity index (χ2n) is 13.0. The Balaban J connectivity index is 1.57. The number of fused-ring (bicyclic) bond motifs is 2. The SMILES string of the molecule is Cc1c(C)c2c(c(C)c1O)CC(CCC(CCC1Cc3c(C)c(O)c(C)c(C)c3OC1C)(SCCC(=O)O)C(=O)O)C(C)O2. The predicted octanol–water partition coefficient (Wildman–Crippen LogP) is 7.12. The molecule has 0 bridgehead atoms. The van der Waals surface area contributed by atoms with Crippen molar-refractivity contribution in [2.45, 2.75) is 117 Å². The van der Waals surface area contributed by atoms with Crippen molar-refractivity contribution < 1.29 is 39.5 Å². The second-order valence-corrected chi connectivity index (χ2v) is 14.5. The van der Waals surface area contributed by atoms with Gasteiger partial charge < -0.3 is 29.9 Å². The number of phenolic OH excluding ortho intramolecular Hbond substituents is 2. The van der Waals surface area contributed by atoms with Crippen LogP contribution in [-0.2, 0) is 22.4 Å². The lowest BCUT2D eigenvalue weighted by Gasteiger charge is -2.38. The van der Waals surface area contributed by atoms with Gasteiger partial charge in [0, 0.05) is 16.9 Å². The number of aliphatic carboxylic acids is 2. The Morgan fingerprint density at radius 2 is 1.14 bits per heavy atom. The molecule has 2 aliphatic heterocycles. The molecule has 9 heteroatoms. The number of hydrogen-bond donors (Lipinski definition) is 4. The average Bonchev–Trinajstić information content (AvgIpc) is 2.98. The zero-order valence-electron chi connectivity index (χ0n) is 27.3. The molecule has 0 saturated heterocycles. The number of thioether (sulfide) groups is 1. The molecular formula is C35H48O8S. The van der Waals surface area contributed by atoms with Gasteiger partial charge in [-0.15, -0.1) is 11.8 Å². The van der Waals surface area contributed by atoms with Crippen LogP contribution in [0.2, 0.25) is 0 Å². The van der Waals surface area contributed by atoms with Crippen LogP contribution in [0.3, 0.4) is 0 Å². The van der Waals surface area contributed by atoms with E-state index in [1.54, 1.807) is 0 Å². The van der Waals surface area contributed by atoms with Gasteiger partial charge in [-0.05, 0) is 139 Å². The van der Waals surface area contributed by atoms with Crippen molar-refractivity contribution >= 4 is 23.7 Å². The Bertz CT molecular complexity index is 1360. The zero-order valence-corrected chi connectivity index (χ0v) is 28.1. The first-order valence-electron chi connectivity index (χ1n) is 15.6. The van der Waals surface area contributed by atoms with Gasteiger partial charge in [-0.25, -0.2) is 0 Å². The van der Waals surface area contributed by atoms with Crippen LogP contribution in [0.1, 0.15) is 90.5 Å². The molecule has 4 atom stereocenters. The van der Waals surface area contributed by atoms with E-state index in [0.717, 1.165) is 56.0 Å². The van der Waals surface area contributed by atoms with Crippen molar-refractivity contribution in [1.29, 1.82) is 0 Å². The topological polar surface area (TPSA) is 134 Å². The van der Waals surface area contributed by atoms with Crippen LogP contribution >= 0.6 is 11.8 Å². The summed E-state index contributed by atoms with van der Waals surface area (Å²) in [5, 5.41) is 41.4. The van der Waals surface area contributed by atoms with Gasteiger partial charge >= 0.3 is 11.9 Å². The maximum absolute atomic E-state index is 13.1. The standard InChI is InChI=1S/C35H48O8S/c1-17-19(3)32-27(21(5)30(17)38)15-25(23(7)42-32)9-12-35(34(40)41,44-14-11-29(36)37)13-10-26-16-28-22(6)31(39)18(2)20(4)33(28)43-24(26)8/h23-26,38-39H,9-16H2,1-8H3,(H,36,37)(H,40,41). The molecule has 2 aromatic carbocycles. The Morgan fingerprint density at radius 3 is 1.50 bits per heavy atom. The van der Waals surface area contributed by atoms with Gasteiger partial charge in [0.2, 0.25) is 0 Å². The molecule has 2 aromatic rings. The highest BCUT2D eigenvalue weighted by molar-refractivity contribution is 8.01. The van der Waals surface area contributed by atoms with Gasteiger partial charge in [-0.3, -0.25) is 9.59 Å². The lowest BCUT2D eigenvalue weighted by atomic mass is 9.79. The molecule has 2 heterocycles. The first-order valence-corrected chi connectivity index (χ1v) is 16.6. The van der Waals surface area contributed by atoms with Gasteiger partial charge in [0.05, 0.1) is 18.6 Å². The molecule has 0 radical (unpaired) electrons. The minimum atomic E-state index is -1.17. The summed E-state index contributed by atoms with van der Waals surface area (Å²) in [5.41, 5.74) is 7.04. The Labute approximate surface area is 265 Å². The summed E-state index contributed by atoms with van der Waals surface area (Å²) in [6, 6.07) is 0. The minimum absolute atomic E-state index is 0.0437. The zero-order chi connectivity index (χ0) is 32.7. The van der Waals surface area contributed by atoms with Gasteiger partial charge in [0.1, 0.15) is 27.7 Å². The highest BCUT2D eigenvalue weighted by atomic mass is 32.2. The van der Waals surface area contributed by atoms with Crippen LogP contribution in [0.15, 0.2) is 0 Å². The van der Waals surface area contributed by atoms with Crippen LogP contribution in [0.5, 0.6) is 23.0 Å². The lowest BCUT2D eigenvalue weighted by Crippen LogP contribution is -2.40. The first-order chi connectivity index (χ1) is 20.6. The number of aromatic hydroxyl groups is 2. The maximum Gasteiger partial charge on any atom is 0.319 e. The first kappa shape index (κ1) is 33.8. The molecule has 4 N–H and O–H groups in total. The average molecular weight is 629 g/mol. The summed E-state index contributed by atoms with van der Waals surface area (Å²) in [4.78, 5) is 24.4. The Hall–Kier alpha value is -3.07. The number of benzene rings is 2. The van der Waals surface area contributed by atoms with Crippen molar-refractivity contribution in [3.8, 4) is 23.0 Å². The van der Waals surface area contributed by atoms with Crippen LogP contribution in [0, 0.1) is 53.4 Å². The van der Waals surface area contributed by atoms with E-state index in [0.29, 0.717) is 38.5 Å². The number of carboxylic acid groups (broad SMARTS) is 2. The molecule has 0 fully saturated rings. The molecule has 0 aliphatic carbocycles. The largest absolute Gasteiger partial charge is 0.507 e. The number of hydrogen-bond acceptors (Lipinski definition) is 7. The van der Waals surface area contributed by atoms with Crippen molar-refractivity contribution in [2.24, 2.45) is 11.8 Å². The lowest BCUT2D eigenvalue weighted by molar-refractivity contribution is -0.141. The molecule has 8 nitrogen and oxygen atoms in total. The molecule has 4 rings (SSSR count). The minimum Gasteiger partial charge on any atom is -0.507 e. The summed E-state index contributed by atoms with van der Waals surface area (Å²) in [7, 11) is 0. The van der Waals surface area contributed by atoms with E-state index < -0.39 is 16.7 Å². The summed E-state index contributed by atoms with van der Waals surface area (Å²) in [6.07, 6.45) is 2.89. The van der Waals surface area contributed by atoms with Gasteiger partial charge in [0.25, 0.3) is 0 Å². The van der Waals surface area contributed by atoms with Gasteiger partial charge in [-0.2, -0.15) is 0 Å². The number of ether oxygens (including phenoxy) is 2. The second kappa shape index (κ2) is 13.1. The van der Waals surface area contributed by atoms with E-state index in [2.05, 4.69) is 0 Å². The molecule has 0 spiro atoms. The highest BCUT2D eigenvalue weighted by Gasteiger charge is 2.42. The molecule has 0 saturated carbocycles. The van der Waals surface area contributed by atoms with E-state index in [4.69, 9.17) is 9.47 Å². The highest BCUT2D eigenvalue weighted by Crippen LogP contribution is 2.47. The fourth-order valence-corrected chi connectivity index (χ4v) is 8.27. The molecule has 44 heavy (non-hydrogen) atoms. The molecule has 4 unspecified atom stereocenters. The maximum atomic E-state index is 13.1. The fraction of sp³-hybridized carbons (Fsp3) is 0.600. The molecule has 2 aliphatic rings. The molecule has 0 amide bonds. The van der Waals surface area contributed by atoms with Crippen molar-refractivity contribution in [2.75, 3.05) is 5.75 Å². The fourth-order valence-electron chi connectivity index (χ4n) is 6.96. The van der Waals surface area contributed by atoms with Crippen LogP contribution in [0.4, 0.5) is 0 Å². The third-order valence-electron chi connectivity index (χ3n) is 10.5. The third-order valence-corrected chi connectivity index (χ3v) is 12.0. The van der Waals surface area contributed by atoms with Crippen LogP contribution in [-0.4, -0.2) is 55.1 Å². The summed E-state index contributed by atoms with van der Waals surface area (Å²) in [5.74, 6) is 0.615. The predicted molar refractivity (Wildman–Crippen MR) is 173 cm³/mol. The van der Waals surface area contributed by atoms with Gasteiger partial charge in [0.15, 0.2) is 0 Å². The summed E-state index contributed by atoms with van der Waals surface area (Å²) >= 11 is 1.23. The van der Waals surface area contributed by atoms with Crippen molar-refractivity contribution in [3.05, 3.63) is 44.5 Å². The monoisotopic (exact) mass is 628 g/mol. The van der Waals surface area contributed by atoms with Crippen LogP contribution in [0.25, 0.3) is 0 Å². The van der Waals surface area contributed by atoms with E-state index in [9.17, 15) is 30.0 Å². The van der Waals surface area contributed by atoms with E-state index in [1.165, 1.54) is 11.8 Å². The van der Waals surface area contributed by atoms with Gasteiger partial charge in [-0.1, -0.05) is 0 Å².